The van der Waals surface area contributed by atoms with Crippen LogP contribution in [0, 0.1) is 0 Å². The Kier molecular flexibility index (Phi) is 7.15. The van der Waals surface area contributed by atoms with E-state index in [9.17, 15) is 9.59 Å². The van der Waals surface area contributed by atoms with Crippen LogP contribution in [-0.4, -0.2) is 29.4 Å². The highest BCUT2D eigenvalue weighted by Crippen LogP contribution is 2.37. The molecule has 1 heterocycles. The summed E-state index contributed by atoms with van der Waals surface area (Å²) >= 11 is 1.72. The second kappa shape index (κ2) is 9.78. The first kappa shape index (κ1) is 20.5. The van der Waals surface area contributed by atoms with Crippen LogP contribution in [-0.2, 0) is 16.0 Å². The lowest BCUT2D eigenvalue weighted by atomic mass is 10.0. The van der Waals surface area contributed by atoms with E-state index >= 15 is 0 Å². The molecule has 28 heavy (non-hydrogen) atoms. The van der Waals surface area contributed by atoms with Gasteiger partial charge in [-0.15, -0.1) is 11.8 Å². The van der Waals surface area contributed by atoms with Crippen molar-refractivity contribution in [2.75, 3.05) is 18.5 Å². The summed E-state index contributed by atoms with van der Waals surface area (Å²) < 4.78 is 0. The van der Waals surface area contributed by atoms with Gasteiger partial charge in [0, 0.05) is 36.4 Å². The number of nitrogen functional groups attached to an aromatic ring is 1. The monoisotopic (exact) mass is 396 g/mol. The molecule has 1 saturated heterocycles. The lowest BCUT2D eigenvalue weighted by Gasteiger charge is -2.26. The SMILES string of the molecule is CSc1ccccc1C1CCCN1C(=O)CCC(=O)CCc1ccc(N)cc1. The highest BCUT2D eigenvalue weighted by molar-refractivity contribution is 7.98. The number of carbonyl (C=O) groups is 2. The van der Waals surface area contributed by atoms with Crippen molar-refractivity contribution in [3.05, 3.63) is 59.7 Å². The number of amides is 1. The zero-order valence-electron chi connectivity index (χ0n) is 16.4. The minimum Gasteiger partial charge on any atom is -0.399 e. The maximum Gasteiger partial charge on any atom is 0.223 e. The number of likely N-dealkylation sites (tertiary alicyclic amines) is 1. The zero-order valence-corrected chi connectivity index (χ0v) is 17.2. The average Bonchev–Trinajstić information content (AvgIpc) is 3.21. The first-order valence-corrected chi connectivity index (χ1v) is 11.1. The number of hydrogen-bond donors (Lipinski definition) is 1. The normalized spacial score (nSPS) is 16.3. The van der Waals surface area contributed by atoms with Crippen molar-refractivity contribution in [1.29, 1.82) is 0 Å². The Bertz CT molecular complexity index is 820. The van der Waals surface area contributed by atoms with Crippen LogP contribution in [0.1, 0.15) is 49.3 Å². The third-order valence-corrected chi connectivity index (χ3v) is 6.17. The Labute approximate surface area is 171 Å². The van der Waals surface area contributed by atoms with Crippen molar-refractivity contribution in [2.24, 2.45) is 0 Å². The molecule has 3 rings (SSSR count). The zero-order chi connectivity index (χ0) is 19.9. The van der Waals surface area contributed by atoms with Crippen molar-refractivity contribution >= 4 is 29.1 Å². The van der Waals surface area contributed by atoms with E-state index in [2.05, 4.69) is 18.4 Å². The molecule has 5 heteroatoms. The van der Waals surface area contributed by atoms with E-state index in [1.54, 1.807) is 11.8 Å². The molecule has 0 spiro atoms. The number of hydrogen-bond acceptors (Lipinski definition) is 4. The van der Waals surface area contributed by atoms with Crippen LogP contribution in [0.4, 0.5) is 5.69 Å². The number of nitrogens with two attached hydrogens (primary N) is 1. The van der Waals surface area contributed by atoms with Gasteiger partial charge >= 0.3 is 0 Å². The fourth-order valence-electron chi connectivity index (χ4n) is 3.81. The second-order valence-electron chi connectivity index (χ2n) is 7.27. The summed E-state index contributed by atoms with van der Waals surface area (Å²) in [5.41, 5.74) is 8.74. The molecule has 1 fully saturated rings. The summed E-state index contributed by atoms with van der Waals surface area (Å²) in [5, 5.41) is 0. The quantitative estimate of drug-likeness (QED) is 0.522. The molecular formula is C23H28N2O2S. The van der Waals surface area contributed by atoms with Crippen molar-refractivity contribution in [3.8, 4) is 0 Å². The number of benzene rings is 2. The molecule has 1 unspecified atom stereocenters. The minimum atomic E-state index is 0.0965. The Morgan fingerprint density at radius 3 is 2.57 bits per heavy atom. The topological polar surface area (TPSA) is 63.4 Å². The van der Waals surface area contributed by atoms with E-state index in [-0.39, 0.29) is 17.7 Å². The average molecular weight is 397 g/mol. The summed E-state index contributed by atoms with van der Waals surface area (Å²) in [6.07, 6.45) is 5.87. The minimum absolute atomic E-state index is 0.0965. The predicted molar refractivity (Wildman–Crippen MR) is 115 cm³/mol. The van der Waals surface area contributed by atoms with E-state index < -0.39 is 0 Å². The van der Waals surface area contributed by atoms with E-state index in [0.29, 0.717) is 25.7 Å². The second-order valence-corrected chi connectivity index (χ2v) is 8.12. The molecule has 2 N–H and O–H groups in total. The molecule has 0 aliphatic carbocycles. The number of rotatable bonds is 8. The molecule has 4 nitrogen and oxygen atoms in total. The van der Waals surface area contributed by atoms with Crippen LogP contribution in [0.5, 0.6) is 0 Å². The van der Waals surface area contributed by atoms with E-state index in [1.807, 2.05) is 41.3 Å². The molecule has 0 aromatic heterocycles. The van der Waals surface area contributed by atoms with E-state index in [4.69, 9.17) is 5.73 Å². The lowest BCUT2D eigenvalue weighted by molar-refractivity contribution is -0.134. The van der Waals surface area contributed by atoms with Gasteiger partial charge < -0.3 is 10.6 Å². The number of thioether (sulfide) groups is 1. The predicted octanol–water partition coefficient (Wildman–Crippen LogP) is 4.64. The number of Topliss-reactive ketones (excluding diaryl/α,β-unsaturated/α-hetero) is 1. The van der Waals surface area contributed by atoms with Gasteiger partial charge in [-0.3, -0.25) is 9.59 Å². The van der Waals surface area contributed by atoms with Crippen molar-refractivity contribution in [2.45, 2.75) is 49.5 Å². The molecule has 1 aliphatic rings. The molecule has 1 aliphatic heterocycles. The standard InChI is InChI=1S/C23H28N2O2S/c1-28-22-7-3-2-5-20(22)21-6-4-16-25(21)23(27)15-14-19(26)13-10-17-8-11-18(24)12-9-17/h2-3,5,7-9,11-12,21H,4,6,10,13-16,24H2,1H3. The number of aryl methyl sites for hydroxylation is 1. The Morgan fingerprint density at radius 1 is 1.07 bits per heavy atom. The van der Waals surface area contributed by atoms with Crippen molar-refractivity contribution < 1.29 is 9.59 Å². The van der Waals surface area contributed by atoms with Crippen LogP contribution in [0.15, 0.2) is 53.4 Å². The molecule has 0 radical (unpaired) electrons. The van der Waals surface area contributed by atoms with Gasteiger partial charge in [0.15, 0.2) is 0 Å². The molecule has 2 aromatic rings. The van der Waals surface area contributed by atoms with Gasteiger partial charge in [0.25, 0.3) is 0 Å². The van der Waals surface area contributed by atoms with Gasteiger partial charge in [0.2, 0.25) is 5.91 Å². The van der Waals surface area contributed by atoms with Gasteiger partial charge in [0.05, 0.1) is 6.04 Å². The summed E-state index contributed by atoms with van der Waals surface area (Å²) in [7, 11) is 0. The van der Waals surface area contributed by atoms with Crippen LogP contribution < -0.4 is 5.73 Å². The van der Waals surface area contributed by atoms with Crippen LogP contribution in [0.2, 0.25) is 0 Å². The van der Waals surface area contributed by atoms with Crippen molar-refractivity contribution in [3.63, 3.8) is 0 Å². The Balaban J connectivity index is 1.52. The fraction of sp³-hybridized carbons (Fsp3) is 0.391. The Hall–Kier alpha value is -2.27. The highest BCUT2D eigenvalue weighted by Gasteiger charge is 2.31. The van der Waals surface area contributed by atoms with Crippen LogP contribution in [0.25, 0.3) is 0 Å². The molecule has 1 amide bonds. The maximum absolute atomic E-state index is 12.8. The molecule has 1 atom stereocenters. The number of ketones is 1. The first-order valence-electron chi connectivity index (χ1n) is 9.87. The lowest BCUT2D eigenvalue weighted by Crippen LogP contribution is -2.31. The number of nitrogens with zero attached hydrogens (tertiary/aromatic N) is 1. The largest absolute Gasteiger partial charge is 0.399 e. The van der Waals surface area contributed by atoms with E-state index in [0.717, 1.165) is 30.6 Å². The van der Waals surface area contributed by atoms with Crippen LogP contribution >= 0.6 is 11.8 Å². The van der Waals surface area contributed by atoms with Gasteiger partial charge in [-0.2, -0.15) is 0 Å². The van der Waals surface area contributed by atoms with Gasteiger partial charge in [0.1, 0.15) is 5.78 Å². The molecule has 0 bridgehead atoms. The van der Waals surface area contributed by atoms with Gasteiger partial charge in [-0.1, -0.05) is 30.3 Å². The molecule has 2 aromatic carbocycles. The summed E-state index contributed by atoms with van der Waals surface area (Å²) in [6, 6.07) is 16.1. The third kappa shape index (κ3) is 5.16. The van der Waals surface area contributed by atoms with Crippen molar-refractivity contribution in [1.82, 2.24) is 4.90 Å². The number of carbonyl (C=O) groups excluding carboxylic acids is 2. The third-order valence-electron chi connectivity index (χ3n) is 5.36. The Morgan fingerprint density at radius 2 is 1.82 bits per heavy atom. The summed E-state index contributed by atoms with van der Waals surface area (Å²) in [5.74, 6) is 0.240. The fourth-order valence-corrected chi connectivity index (χ4v) is 4.47. The molecular weight excluding hydrogens is 368 g/mol. The summed E-state index contributed by atoms with van der Waals surface area (Å²) in [4.78, 5) is 28.3. The van der Waals surface area contributed by atoms with Gasteiger partial charge in [-0.05, 0) is 54.8 Å². The number of anilines is 1. The maximum atomic E-state index is 12.8. The van der Waals surface area contributed by atoms with Crippen LogP contribution in [0.3, 0.4) is 0 Å². The summed E-state index contributed by atoms with van der Waals surface area (Å²) in [6.45, 7) is 0.784. The highest BCUT2D eigenvalue weighted by atomic mass is 32.2. The van der Waals surface area contributed by atoms with Gasteiger partial charge in [-0.25, -0.2) is 0 Å². The van der Waals surface area contributed by atoms with E-state index in [1.165, 1.54) is 10.5 Å². The molecule has 148 valence electrons. The molecule has 0 saturated carbocycles. The smallest absolute Gasteiger partial charge is 0.223 e. The first-order chi connectivity index (χ1) is 13.6.